The molecule has 0 amide bonds. The summed E-state index contributed by atoms with van der Waals surface area (Å²) in [5.74, 6) is -0.0934. The number of para-hydroxylation sites is 1. The standard InChI is InChI=1S/C15H17N5/c1-10-6-8-11(9-7-10)14(19-20-15(17)18)12-4-2-3-5-13(12)16/h2-9H,16H2,1H3,(H4,17,18,20)/b19-14-. The van der Waals surface area contributed by atoms with Crippen molar-refractivity contribution >= 4 is 17.4 Å². The zero-order valence-electron chi connectivity index (χ0n) is 11.2. The number of hydrogen-bond donors (Lipinski definition) is 3. The number of rotatable bonds is 3. The van der Waals surface area contributed by atoms with Gasteiger partial charge in [0.05, 0.1) is 0 Å². The van der Waals surface area contributed by atoms with Crippen molar-refractivity contribution in [3.63, 3.8) is 0 Å². The molecule has 6 N–H and O–H groups in total. The first-order valence-corrected chi connectivity index (χ1v) is 6.16. The first kappa shape index (κ1) is 13.6. The minimum Gasteiger partial charge on any atom is -0.398 e. The number of nitrogens with two attached hydrogens (primary N) is 3. The molecule has 0 atom stereocenters. The molecular weight excluding hydrogens is 250 g/mol. The second-order valence-electron chi connectivity index (χ2n) is 4.43. The van der Waals surface area contributed by atoms with E-state index in [9.17, 15) is 0 Å². The van der Waals surface area contributed by atoms with Gasteiger partial charge in [-0.05, 0) is 13.0 Å². The van der Waals surface area contributed by atoms with Crippen LogP contribution in [-0.4, -0.2) is 11.7 Å². The maximum atomic E-state index is 6.00. The van der Waals surface area contributed by atoms with Crippen LogP contribution in [0, 0.1) is 6.92 Å². The third-order valence-electron chi connectivity index (χ3n) is 2.81. The highest BCUT2D eigenvalue weighted by atomic mass is 15.3. The van der Waals surface area contributed by atoms with E-state index < -0.39 is 0 Å². The summed E-state index contributed by atoms with van der Waals surface area (Å²) in [5.41, 5.74) is 20.8. The summed E-state index contributed by atoms with van der Waals surface area (Å²) in [6, 6.07) is 15.4. The van der Waals surface area contributed by atoms with Gasteiger partial charge in [0.1, 0.15) is 5.71 Å². The second-order valence-corrected chi connectivity index (χ2v) is 4.43. The monoisotopic (exact) mass is 267 g/mol. The van der Waals surface area contributed by atoms with Crippen molar-refractivity contribution in [2.75, 3.05) is 5.73 Å². The molecule has 0 fully saturated rings. The molecule has 0 bridgehead atoms. The highest BCUT2D eigenvalue weighted by molar-refractivity contribution is 6.15. The van der Waals surface area contributed by atoms with Crippen LogP contribution in [0.2, 0.25) is 0 Å². The molecule has 0 aliphatic heterocycles. The summed E-state index contributed by atoms with van der Waals surface area (Å²) in [4.78, 5) is 0. The summed E-state index contributed by atoms with van der Waals surface area (Å²) in [6.07, 6.45) is 0. The van der Waals surface area contributed by atoms with E-state index in [0.29, 0.717) is 11.4 Å². The lowest BCUT2D eigenvalue weighted by molar-refractivity contribution is 1.20. The predicted octanol–water partition coefficient (Wildman–Crippen LogP) is 1.60. The highest BCUT2D eigenvalue weighted by Crippen LogP contribution is 2.18. The van der Waals surface area contributed by atoms with Gasteiger partial charge in [0, 0.05) is 16.8 Å². The van der Waals surface area contributed by atoms with Crippen LogP contribution in [-0.2, 0) is 0 Å². The van der Waals surface area contributed by atoms with Crippen molar-refractivity contribution in [2.24, 2.45) is 21.7 Å². The Kier molecular flexibility index (Phi) is 4.00. The third kappa shape index (κ3) is 3.14. The molecule has 5 nitrogen and oxygen atoms in total. The fourth-order valence-electron chi connectivity index (χ4n) is 1.80. The Morgan fingerprint density at radius 1 is 0.900 bits per heavy atom. The topological polar surface area (TPSA) is 103 Å². The maximum Gasteiger partial charge on any atom is 0.211 e. The lowest BCUT2D eigenvalue weighted by Gasteiger charge is -2.08. The van der Waals surface area contributed by atoms with Gasteiger partial charge in [-0.1, -0.05) is 48.0 Å². The second kappa shape index (κ2) is 5.88. The zero-order valence-corrected chi connectivity index (χ0v) is 11.2. The Balaban J connectivity index is 2.57. The van der Waals surface area contributed by atoms with Crippen molar-refractivity contribution in [3.05, 3.63) is 65.2 Å². The molecule has 20 heavy (non-hydrogen) atoms. The van der Waals surface area contributed by atoms with E-state index >= 15 is 0 Å². The number of guanidine groups is 1. The van der Waals surface area contributed by atoms with Gasteiger partial charge >= 0.3 is 0 Å². The lowest BCUT2D eigenvalue weighted by Crippen LogP contribution is -2.22. The molecule has 0 saturated heterocycles. The van der Waals surface area contributed by atoms with Crippen LogP contribution in [0.25, 0.3) is 0 Å². The van der Waals surface area contributed by atoms with Crippen LogP contribution >= 0.6 is 0 Å². The van der Waals surface area contributed by atoms with E-state index in [-0.39, 0.29) is 5.96 Å². The first-order valence-electron chi connectivity index (χ1n) is 6.16. The van der Waals surface area contributed by atoms with Crippen LogP contribution < -0.4 is 17.2 Å². The normalized spacial score (nSPS) is 11.2. The van der Waals surface area contributed by atoms with Crippen molar-refractivity contribution in [1.82, 2.24) is 0 Å². The number of hydrogen-bond acceptors (Lipinski definition) is 3. The number of benzene rings is 2. The fourth-order valence-corrected chi connectivity index (χ4v) is 1.80. The molecule has 0 radical (unpaired) electrons. The molecule has 5 heteroatoms. The maximum absolute atomic E-state index is 6.00. The molecule has 0 saturated carbocycles. The average Bonchev–Trinajstić information content (AvgIpc) is 2.42. The smallest absolute Gasteiger partial charge is 0.211 e. The van der Waals surface area contributed by atoms with E-state index in [1.165, 1.54) is 0 Å². The van der Waals surface area contributed by atoms with E-state index in [4.69, 9.17) is 17.2 Å². The molecule has 0 heterocycles. The predicted molar refractivity (Wildman–Crippen MR) is 83.5 cm³/mol. The third-order valence-corrected chi connectivity index (χ3v) is 2.81. The Bertz CT molecular complexity index is 652. The zero-order chi connectivity index (χ0) is 14.5. The minimum absolute atomic E-state index is 0.0934. The number of nitrogen functional groups attached to an aromatic ring is 1. The molecule has 102 valence electrons. The molecule has 0 unspecified atom stereocenters. The van der Waals surface area contributed by atoms with Crippen molar-refractivity contribution < 1.29 is 0 Å². The van der Waals surface area contributed by atoms with Crippen LogP contribution in [0.1, 0.15) is 16.7 Å². The van der Waals surface area contributed by atoms with Crippen molar-refractivity contribution in [1.29, 1.82) is 0 Å². The Labute approximate surface area is 117 Å². The Morgan fingerprint density at radius 3 is 2.15 bits per heavy atom. The molecule has 0 aliphatic carbocycles. The van der Waals surface area contributed by atoms with E-state index in [1.807, 2.05) is 55.5 Å². The summed E-state index contributed by atoms with van der Waals surface area (Å²) in [5, 5.41) is 7.87. The fraction of sp³-hybridized carbons (Fsp3) is 0.0667. The van der Waals surface area contributed by atoms with Gasteiger partial charge in [-0.25, -0.2) is 0 Å². The van der Waals surface area contributed by atoms with E-state index in [2.05, 4.69) is 10.2 Å². The van der Waals surface area contributed by atoms with Crippen LogP contribution in [0.5, 0.6) is 0 Å². The van der Waals surface area contributed by atoms with E-state index in [0.717, 1.165) is 16.7 Å². The van der Waals surface area contributed by atoms with Crippen LogP contribution in [0.3, 0.4) is 0 Å². The van der Waals surface area contributed by atoms with Crippen LogP contribution in [0.15, 0.2) is 58.7 Å². The first-order chi connectivity index (χ1) is 9.58. The molecular formula is C15H17N5. The van der Waals surface area contributed by atoms with Gasteiger partial charge in [0.25, 0.3) is 0 Å². The molecule has 2 aromatic rings. The largest absolute Gasteiger partial charge is 0.398 e. The molecule has 0 aromatic heterocycles. The lowest BCUT2D eigenvalue weighted by atomic mass is 10.00. The van der Waals surface area contributed by atoms with Crippen molar-refractivity contribution in [3.8, 4) is 0 Å². The van der Waals surface area contributed by atoms with Crippen LogP contribution in [0.4, 0.5) is 5.69 Å². The summed E-state index contributed by atoms with van der Waals surface area (Å²) < 4.78 is 0. The quantitative estimate of drug-likeness (QED) is 0.340. The molecule has 0 spiro atoms. The minimum atomic E-state index is -0.0934. The van der Waals surface area contributed by atoms with Gasteiger partial charge < -0.3 is 17.2 Å². The molecule has 2 rings (SSSR count). The SMILES string of the molecule is Cc1ccc(/C(=N/N=C(N)N)c2ccccc2N)cc1. The number of nitrogens with zero attached hydrogens (tertiary/aromatic N) is 2. The number of anilines is 1. The number of aryl methyl sites for hydroxylation is 1. The summed E-state index contributed by atoms with van der Waals surface area (Å²) in [6.45, 7) is 2.02. The van der Waals surface area contributed by atoms with Gasteiger partial charge in [0.15, 0.2) is 0 Å². The molecule has 0 aliphatic rings. The van der Waals surface area contributed by atoms with Gasteiger partial charge in [-0.2, -0.15) is 0 Å². The van der Waals surface area contributed by atoms with Gasteiger partial charge in [-0.3, -0.25) is 0 Å². The molecule has 2 aromatic carbocycles. The van der Waals surface area contributed by atoms with Gasteiger partial charge in [0.2, 0.25) is 5.96 Å². The van der Waals surface area contributed by atoms with E-state index in [1.54, 1.807) is 0 Å². The summed E-state index contributed by atoms with van der Waals surface area (Å²) >= 11 is 0. The average molecular weight is 267 g/mol. The summed E-state index contributed by atoms with van der Waals surface area (Å²) in [7, 11) is 0. The van der Waals surface area contributed by atoms with Gasteiger partial charge in [-0.15, -0.1) is 10.2 Å². The highest BCUT2D eigenvalue weighted by Gasteiger charge is 2.10. The Hall–Kier alpha value is -2.82. The van der Waals surface area contributed by atoms with Crippen molar-refractivity contribution in [2.45, 2.75) is 6.92 Å². The Morgan fingerprint density at radius 2 is 1.55 bits per heavy atom.